The van der Waals surface area contributed by atoms with Crippen LogP contribution in [0.4, 0.5) is 0 Å². The van der Waals surface area contributed by atoms with Gasteiger partial charge in [0.25, 0.3) is 0 Å². The molecule has 0 aliphatic rings. The van der Waals surface area contributed by atoms with E-state index in [0.29, 0.717) is 17.9 Å². The third kappa shape index (κ3) is 4.13. The van der Waals surface area contributed by atoms with Crippen LogP contribution in [0.15, 0.2) is 64.2 Å². The monoisotopic (exact) mass is 401 g/mol. The molecule has 6 heteroatoms. The quantitative estimate of drug-likeness (QED) is 0.454. The number of hydrogen-bond donors (Lipinski definition) is 0. The molecule has 3 rings (SSSR count). The van der Waals surface area contributed by atoms with E-state index in [1.54, 1.807) is 0 Å². The summed E-state index contributed by atoms with van der Waals surface area (Å²) in [6.45, 7) is 2.63. The van der Waals surface area contributed by atoms with Crippen molar-refractivity contribution in [3.63, 3.8) is 0 Å². The first-order valence-corrected chi connectivity index (χ1v) is 9.26. The maximum absolute atomic E-state index is 12.3. The average Bonchev–Trinajstić information content (AvgIpc) is 2.94. The van der Waals surface area contributed by atoms with Gasteiger partial charge in [0.05, 0.1) is 12.3 Å². The zero-order valence-corrected chi connectivity index (χ0v) is 15.5. The number of carbonyl (C=O) groups excluding carboxylic acids is 1. The van der Waals surface area contributed by atoms with Crippen LogP contribution in [0.1, 0.15) is 21.7 Å². The topological polar surface area (TPSA) is 47.8 Å². The van der Waals surface area contributed by atoms with Crippen LogP contribution in [0, 0.1) is 6.92 Å². The standard InChI is InChI=1S/C18H16BrN3OS/c1-13-20-21-18(22(13)11-14-5-3-2-4-6-14)24-12-17(23)15-7-9-16(19)10-8-15/h2-10H,11-12H2,1H3. The van der Waals surface area contributed by atoms with Crippen LogP contribution >= 0.6 is 27.7 Å². The molecule has 1 aromatic heterocycles. The number of carbonyl (C=O) groups is 1. The van der Waals surface area contributed by atoms with Gasteiger partial charge in [-0.1, -0.05) is 70.2 Å². The molecule has 2 aromatic carbocycles. The van der Waals surface area contributed by atoms with Gasteiger partial charge in [0.1, 0.15) is 5.82 Å². The van der Waals surface area contributed by atoms with Crippen LogP contribution in [0.25, 0.3) is 0 Å². The summed E-state index contributed by atoms with van der Waals surface area (Å²) in [6, 6.07) is 17.6. The lowest BCUT2D eigenvalue weighted by atomic mass is 10.2. The van der Waals surface area contributed by atoms with Crippen molar-refractivity contribution in [3.05, 3.63) is 76.0 Å². The first kappa shape index (κ1) is 16.9. The van der Waals surface area contributed by atoms with Gasteiger partial charge in [0, 0.05) is 10.0 Å². The highest BCUT2D eigenvalue weighted by molar-refractivity contribution is 9.10. The lowest BCUT2D eigenvalue weighted by Crippen LogP contribution is -2.07. The molecule has 0 atom stereocenters. The van der Waals surface area contributed by atoms with Gasteiger partial charge >= 0.3 is 0 Å². The largest absolute Gasteiger partial charge is 0.302 e. The summed E-state index contributed by atoms with van der Waals surface area (Å²) in [5, 5.41) is 9.12. The second-order valence-electron chi connectivity index (χ2n) is 5.32. The maximum atomic E-state index is 12.3. The second kappa shape index (κ2) is 7.77. The van der Waals surface area contributed by atoms with E-state index in [1.807, 2.05) is 54.0 Å². The molecule has 1 heterocycles. The molecule has 0 spiro atoms. The van der Waals surface area contributed by atoms with E-state index in [2.05, 4.69) is 38.3 Å². The molecule has 0 saturated heterocycles. The van der Waals surface area contributed by atoms with Gasteiger partial charge in [-0.2, -0.15) is 0 Å². The smallest absolute Gasteiger partial charge is 0.191 e. The number of aromatic nitrogens is 3. The van der Waals surface area contributed by atoms with Crippen LogP contribution in [0.2, 0.25) is 0 Å². The third-order valence-corrected chi connectivity index (χ3v) is 5.08. The lowest BCUT2D eigenvalue weighted by Gasteiger charge is -2.08. The zero-order chi connectivity index (χ0) is 16.9. The summed E-state index contributed by atoms with van der Waals surface area (Å²) in [7, 11) is 0. The first-order valence-electron chi connectivity index (χ1n) is 7.49. The van der Waals surface area contributed by atoms with E-state index in [0.717, 1.165) is 15.5 Å². The molecule has 0 saturated carbocycles. The Balaban J connectivity index is 1.69. The van der Waals surface area contributed by atoms with Crippen molar-refractivity contribution in [1.82, 2.24) is 14.8 Å². The Morgan fingerprint density at radius 2 is 1.79 bits per heavy atom. The molecule has 0 unspecified atom stereocenters. The third-order valence-electron chi connectivity index (χ3n) is 3.58. The Kier molecular flexibility index (Phi) is 5.48. The molecule has 3 aromatic rings. The predicted molar refractivity (Wildman–Crippen MR) is 99.5 cm³/mol. The molecule has 0 radical (unpaired) electrons. The highest BCUT2D eigenvalue weighted by atomic mass is 79.9. The van der Waals surface area contributed by atoms with Crippen molar-refractivity contribution in [2.24, 2.45) is 0 Å². The van der Waals surface area contributed by atoms with Crippen LogP contribution in [0.3, 0.4) is 0 Å². The molecule has 122 valence electrons. The minimum absolute atomic E-state index is 0.0828. The van der Waals surface area contributed by atoms with Crippen LogP contribution in [-0.4, -0.2) is 26.3 Å². The van der Waals surface area contributed by atoms with Gasteiger partial charge < -0.3 is 4.57 Å². The normalized spacial score (nSPS) is 10.8. The summed E-state index contributed by atoms with van der Waals surface area (Å²) < 4.78 is 3.00. The lowest BCUT2D eigenvalue weighted by molar-refractivity contribution is 0.102. The molecular weight excluding hydrogens is 386 g/mol. The van der Waals surface area contributed by atoms with Crippen molar-refractivity contribution in [2.75, 3.05) is 5.75 Å². The van der Waals surface area contributed by atoms with Gasteiger partial charge in [0.15, 0.2) is 10.9 Å². The summed E-state index contributed by atoms with van der Waals surface area (Å²) in [5.41, 5.74) is 1.89. The van der Waals surface area contributed by atoms with E-state index >= 15 is 0 Å². The Labute approximate surface area is 153 Å². The van der Waals surface area contributed by atoms with Crippen LogP contribution < -0.4 is 0 Å². The van der Waals surface area contributed by atoms with E-state index in [9.17, 15) is 4.79 Å². The van der Waals surface area contributed by atoms with E-state index < -0.39 is 0 Å². The van der Waals surface area contributed by atoms with Crippen molar-refractivity contribution < 1.29 is 4.79 Å². The molecule has 24 heavy (non-hydrogen) atoms. The predicted octanol–water partition coefficient (Wildman–Crippen LogP) is 4.37. The Morgan fingerprint density at radius 1 is 1.08 bits per heavy atom. The van der Waals surface area contributed by atoms with Gasteiger partial charge in [-0.15, -0.1) is 10.2 Å². The number of ketones is 1. The van der Waals surface area contributed by atoms with E-state index in [1.165, 1.54) is 17.3 Å². The Morgan fingerprint density at radius 3 is 2.50 bits per heavy atom. The van der Waals surface area contributed by atoms with Gasteiger partial charge in [0.2, 0.25) is 0 Å². The number of rotatable bonds is 6. The minimum Gasteiger partial charge on any atom is -0.302 e. The fourth-order valence-electron chi connectivity index (χ4n) is 2.27. The van der Waals surface area contributed by atoms with E-state index in [-0.39, 0.29) is 5.78 Å². The molecule has 0 fully saturated rings. The zero-order valence-electron chi connectivity index (χ0n) is 13.1. The highest BCUT2D eigenvalue weighted by Gasteiger charge is 2.13. The number of benzene rings is 2. The molecule has 0 bridgehead atoms. The number of thioether (sulfide) groups is 1. The second-order valence-corrected chi connectivity index (χ2v) is 7.18. The fraction of sp³-hybridized carbons (Fsp3) is 0.167. The average molecular weight is 402 g/mol. The summed E-state index contributed by atoms with van der Waals surface area (Å²) >= 11 is 4.80. The molecule has 0 N–H and O–H groups in total. The van der Waals surface area contributed by atoms with Crippen molar-refractivity contribution in [3.8, 4) is 0 Å². The summed E-state index contributed by atoms with van der Waals surface area (Å²) in [4.78, 5) is 12.3. The number of hydrogen-bond acceptors (Lipinski definition) is 4. The molecular formula is C18H16BrN3OS. The van der Waals surface area contributed by atoms with Crippen molar-refractivity contribution in [2.45, 2.75) is 18.6 Å². The van der Waals surface area contributed by atoms with Gasteiger partial charge in [-0.05, 0) is 24.6 Å². The minimum atomic E-state index is 0.0828. The molecule has 0 aliphatic carbocycles. The first-order chi connectivity index (χ1) is 11.6. The Bertz CT molecular complexity index is 831. The van der Waals surface area contributed by atoms with Crippen LogP contribution in [-0.2, 0) is 6.54 Å². The van der Waals surface area contributed by atoms with Crippen molar-refractivity contribution >= 4 is 33.5 Å². The molecule has 4 nitrogen and oxygen atoms in total. The maximum Gasteiger partial charge on any atom is 0.191 e. The number of Topliss-reactive ketones (excluding diaryl/α,β-unsaturated/α-hetero) is 1. The van der Waals surface area contributed by atoms with Crippen LogP contribution in [0.5, 0.6) is 0 Å². The highest BCUT2D eigenvalue weighted by Crippen LogP contribution is 2.20. The fourth-order valence-corrected chi connectivity index (χ4v) is 3.41. The summed E-state index contributed by atoms with van der Waals surface area (Å²) in [5.74, 6) is 1.27. The van der Waals surface area contributed by atoms with E-state index in [4.69, 9.17) is 0 Å². The Hall–Kier alpha value is -1.92. The number of halogens is 1. The number of aryl methyl sites for hydroxylation is 1. The van der Waals surface area contributed by atoms with Gasteiger partial charge in [-0.3, -0.25) is 4.79 Å². The number of nitrogens with zero attached hydrogens (tertiary/aromatic N) is 3. The van der Waals surface area contributed by atoms with Gasteiger partial charge in [-0.25, -0.2) is 0 Å². The SMILES string of the molecule is Cc1nnc(SCC(=O)c2ccc(Br)cc2)n1Cc1ccccc1. The molecule has 0 aliphatic heterocycles. The molecule has 0 amide bonds. The van der Waals surface area contributed by atoms with Crippen molar-refractivity contribution in [1.29, 1.82) is 0 Å². The summed E-state index contributed by atoms with van der Waals surface area (Å²) in [6.07, 6.45) is 0.